The number of carbonyl (C=O) groups excluding carboxylic acids is 2. The Labute approximate surface area is 146 Å². The van der Waals surface area contributed by atoms with Gasteiger partial charge in [-0.2, -0.15) is 0 Å². The van der Waals surface area contributed by atoms with E-state index in [-0.39, 0.29) is 24.2 Å². The van der Waals surface area contributed by atoms with Gasteiger partial charge in [0.2, 0.25) is 11.8 Å². The number of nitrogens with one attached hydrogen (secondary N) is 1. The quantitative estimate of drug-likeness (QED) is 0.918. The molecule has 0 saturated carbocycles. The highest BCUT2D eigenvalue weighted by Crippen LogP contribution is 2.27. The number of anilines is 2. The minimum absolute atomic E-state index is 0.0245. The van der Waals surface area contributed by atoms with Crippen molar-refractivity contribution in [1.29, 1.82) is 0 Å². The summed E-state index contributed by atoms with van der Waals surface area (Å²) in [4.78, 5) is 26.5. The van der Waals surface area contributed by atoms with Crippen molar-refractivity contribution in [1.82, 2.24) is 0 Å². The summed E-state index contributed by atoms with van der Waals surface area (Å²) in [7, 11) is 0. The van der Waals surface area contributed by atoms with Gasteiger partial charge in [-0.15, -0.1) is 0 Å². The second-order valence-corrected chi connectivity index (χ2v) is 6.63. The van der Waals surface area contributed by atoms with Crippen LogP contribution in [0.15, 0.2) is 42.5 Å². The molecule has 1 fully saturated rings. The number of hydrogen-bond acceptors (Lipinski definition) is 2. The maximum absolute atomic E-state index is 12.5. The molecule has 4 nitrogen and oxygen atoms in total. The first-order valence-electron chi connectivity index (χ1n) is 7.88. The molecular formula is C19H19ClN2O2. The molecule has 0 spiro atoms. The van der Waals surface area contributed by atoms with Crippen molar-refractivity contribution in [3.05, 3.63) is 58.6 Å². The van der Waals surface area contributed by atoms with Crippen LogP contribution >= 0.6 is 11.6 Å². The third-order valence-corrected chi connectivity index (χ3v) is 4.50. The smallest absolute Gasteiger partial charge is 0.229 e. The number of aryl methyl sites for hydroxylation is 2. The van der Waals surface area contributed by atoms with Gasteiger partial charge in [0.05, 0.1) is 5.92 Å². The van der Waals surface area contributed by atoms with Crippen molar-refractivity contribution in [2.24, 2.45) is 5.92 Å². The summed E-state index contributed by atoms with van der Waals surface area (Å²) in [5.74, 6) is -0.538. The van der Waals surface area contributed by atoms with Crippen molar-refractivity contribution in [3.8, 4) is 0 Å². The Kier molecular flexibility index (Phi) is 4.58. The molecular weight excluding hydrogens is 324 g/mol. The molecule has 1 heterocycles. The average molecular weight is 343 g/mol. The lowest BCUT2D eigenvalue weighted by molar-refractivity contribution is -0.122. The summed E-state index contributed by atoms with van der Waals surface area (Å²) in [6, 6.07) is 13.1. The standard InChI is InChI=1S/C19H19ClN2O2/c1-12-4-3-5-16(8-12)22-11-14(9-18(22)23)19(24)21-17-10-15(20)7-6-13(17)2/h3-8,10,14H,9,11H2,1-2H3,(H,21,24). The van der Waals surface area contributed by atoms with Crippen LogP contribution in [0.25, 0.3) is 0 Å². The van der Waals surface area contributed by atoms with Gasteiger partial charge >= 0.3 is 0 Å². The zero-order chi connectivity index (χ0) is 17.3. The lowest BCUT2D eigenvalue weighted by atomic mass is 10.1. The Morgan fingerprint density at radius 1 is 1.21 bits per heavy atom. The van der Waals surface area contributed by atoms with Crippen molar-refractivity contribution in [3.63, 3.8) is 0 Å². The fourth-order valence-electron chi connectivity index (χ4n) is 2.89. The van der Waals surface area contributed by atoms with Gasteiger partial charge < -0.3 is 10.2 Å². The van der Waals surface area contributed by atoms with E-state index in [1.54, 1.807) is 17.0 Å². The topological polar surface area (TPSA) is 49.4 Å². The molecule has 1 unspecified atom stereocenters. The normalized spacial score (nSPS) is 17.2. The summed E-state index contributed by atoms with van der Waals surface area (Å²) >= 11 is 5.99. The predicted octanol–water partition coefficient (Wildman–Crippen LogP) is 3.95. The van der Waals surface area contributed by atoms with Crippen molar-refractivity contribution < 1.29 is 9.59 Å². The van der Waals surface area contributed by atoms with Crippen LogP contribution < -0.4 is 10.2 Å². The molecule has 1 atom stereocenters. The van der Waals surface area contributed by atoms with Crippen LogP contribution in [0.1, 0.15) is 17.5 Å². The first kappa shape index (κ1) is 16.5. The van der Waals surface area contributed by atoms with Gasteiger partial charge in [0.25, 0.3) is 0 Å². The molecule has 1 saturated heterocycles. The molecule has 124 valence electrons. The van der Waals surface area contributed by atoms with Gasteiger partial charge in [0.15, 0.2) is 0 Å². The molecule has 0 aromatic heterocycles. The SMILES string of the molecule is Cc1cccc(N2CC(C(=O)Nc3cc(Cl)ccc3C)CC2=O)c1. The van der Waals surface area contributed by atoms with Gasteiger partial charge in [0.1, 0.15) is 0 Å². The lowest BCUT2D eigenvalue weighted by Gasteiger charge is -2.17. The average Bonchev–Trinajstić information content (AvgIpc) is 2.93. The number of rotatable bonds is 3. The molecule has 24 heavy (non-hydrogen) atoms. The number of carbonyl (C=O) groups is 2. The van der Waals surface area contributed by atoms with E-state index in [2.05, 4.69) is 5.32 Å². The largest absolute Gasteiger partial charge is 0.325 e. The van der Waals surface area contributed by atoms with Crippen molar-refractivity contribution in [2.75, 3.05) is 16.8 Å². The maximum Gasteiger partial charge on any atom is 0.229 e. The summed E-state index contributed by atoms with van der Waals surface area (Å²) < 4.78 is 0. The van der Waals surface area contributed by atoms with Crippen molar-refractivity contribution in [2.45, 2.75) is 20.3 Å². The first-order valence-corrected chi connectivity index (χ1v) is 8.26. The Bertz CT molecular complexity index is 804. The maximum atomic E-state index is 12.5. The Hall–Kier alpha value is -2.33. The van der Waals surface area contributed by atoms with Crippen LogP contribution in [-0.4, -0.2) is 18.4 Å². The number of benzene rings is 2. The van der Waals surface area contributed by atoms with Gasteiger partial charge in [-0.1, -0.05) is 29.8 Å². The fraction of sp³-hybridized carbons (Fsp3) is 0.263. The first-order chi connectivity index (χ1) is 11.4. The monoisotopic (exact) mass is 342 g/mol. The highest BCUT2D eigenvalue weighted by molar-refractivity contribution is 6.31. The molecule has 0 radical (unpaired) electrons. The molecule has 0 bridgehead atoms. The van der Waals surface area contributed by atoms with Crippen LogP contribution in [0.5, 0.6) is 0 Å². The van der Waals surface area contributed by atoms with E-state index in [0.29, 0.717) is 17.3 Å². The molecule has 0 aliphatic carbocycles. The fourth-order valence-corrected chi connectivity index (χ4v) is 3.06. The summed E-state index contributed by atoms with van der Waals surface area (Å²) in [5.41, 5.74) is 3.55. The van der Waals surface area contributed by atoms with Crippen LogP contribution in [0.3, 0.4) is 0 Å². The van der Waals surface area contributed by atoms with Crippen LogP contribution in [-0.2, 0) is 9.59 Å². The zero-order valence-corrected chi connectivity index (χ0v) is 14.4. The van der Waals surface area contributed by atoms with E-state index >= 15 is 0 Å². The van der Waals surface area contributed by atoms with Crippen LogP contribution in [0.2, 0.25) is 5.02 Å². The Morgan fingerprint density at radius 3 is 2.75 bits per heavy atom. The molecule has 5 heteroatoms. The van der Waals surface area contributed by atoms with Crippen LogP contribution in [0, 0.1) is 19.8 Å². The highest BCUT2D eigenvalue weighted by Gasteiger charge is 2.35. The number of halogens is 1. The molecule has 1 aliphatic rings. The van der Waals surface area contributed by atoms with E-state index in [9.17, 15) is 9.59 Å². The number of hydrogen-bond donors (Lipinski definition) is 1. The molecule has 3 rings (SSSR count). The Balaban J connectivity index is 1.73. The van der Waals surface area contributed by atoms with Gasteiger partial charge in [0, 0.05) is 29.4 Å². The van der Waals surface area contributed by atoms with Crippen LogP contribution in [0.4, 0.5) is 11.4 Å². The summed E-state index contributed by atoms with van der Waals surface area (Å²) in [6.07, 6.45) is 0.222. The Morgan fingerprint density at radius 2 is 2.00 bits per heavy atom. The third-order valence-electron chi connectivity index (χ3n) is 4.27. The molecule has 2 amide bonds. The minimum atomic E-state index is -0.364. The van der Waals surface area contributed by atoms with Gasteiger partial charge in [-0.3, -0.25) is 9.59 Å². The van der Waals surface area contributed by atoms with Gasteiger partial charge in [-0.05, 0) is 49.2 Å². The molecule has 1 aliphatic heterocycles. The lowest BCUT2D eigenvalue weighted by Crippen LogP contribution is -2.28. The second-order valence-electron chi connectivity index (χ2n) is 6.19. The minimum Gasteiger partial charge on any atom is -0.325 e. The molecule has 2 aromatic rings. The second kappa shape index (κ2) is 6.65. The third kappa shape index (κ3) is 3.44. The number of amides is 2. The summed E-state index contributed by atoms with van der Waals surface area (Å²) in [5, 5.41) is 3.46. The zero-order valence-electron chi connectivity index (χ0n) is 13.7. The predicted molar refractivity (Wildman–Crippen MR) is 96.5 cm³/mol. The van der Waals surface area contributed by atoms with E-state index in [4.69, 9.17) is 11.6 Å². The van der Waals surface area contributed by atoms with E-state index < -0.39 is 0 Å². The van der Waals surface area contributed by atoms with Crippen molar-refractivity contribution >= 4 is 34.8 Å². The van der Waals surface area contributed by atoms with E-state index in [1.807, 2.05) is 44.2 Å². The molecule has 1 N–H and O–H groups in total. The van der Waals surface area contributed by atoms with Gasteiger partial charge in [-0.25, -0.2) is 0 Å². The van der Waals surface area contributed by atoms with E-state index in [1.165, 1.54) is 0 Å². The number of nitrogens with zero attached hydrogens (tertiary/aromatic N) is 1. The van der Waals surface area contributed by atoms with E-state index in [0.717, 1.165) is 16.8 Å². The summed E-state index contributed by atoms with van der Waals surface area (Å²) in [6.45, 7) is 4.29. The molecule has 2 aromatic carbocycles. The highest BCUT2D eigenvalue weighted by atomic mass is 35.5.